The van der Waals surface area contributed by atoms with E-state index >= 15 is 0 Å². The Labute approximate surface area is 115 Å². The molecule has 5 atom stereocenters. The molecule has 3 rings (SSSR count). The van der Waals surface area contributed by atoms with Gasteiger partial charge in [-0.05, 0) is 6.92 Å². The molecule has 0 radical (unpaired) electrons. The van der Waals surface area contributed by atoms with Crippen molar-refractivity contribution in [3.05, 3.63) is 12.0 Å². The summed E-state index contributed by atoms with van der Waals surface area (Å²) in [4.78, 5) is 8.36. The summed E-state index contributed by atoms with van der Waals surface area (Å²) in [6.45, 7) is 1.70. The minimum Gasteiger partial charge on any atom is -0.388 e. The number of hydrogen-bond acceptors (Lipinski definition) is 8. The first-order valence-corrected chi connectivity index (χ1v) is 6.26. The molecule has 8 nitrogen and oxygen atoms in total. The zero-order chi connectivity index (χ0) is 13.7. The summed E-state index contributed by atoms with van der Waals surface area (Å²) in [6, 6.07) is 0. The summed E-state index contributed by atoms with van der Waals surface area (Å²) < 4.78 is 8.54. The van der Waals surface area contributed by atoms with Gasteiger partial charge in [-0.1, -0.05) is 12.8 Å². The molecule has 4 N–H and O–H groups in total. The van der Waals surface area contributed by atoms with Crippen molar-refractivity contribution >= 4 is 25.0 Å². The Bertz CT molecular complexity index is 521. The number of aromatic nitrogens is 2. The van der Waals surface area contributed by atoms with Gasteiger partial charge in [-0.3, -0.25) is 8.87 Å². The fourth-order valence-corrected chi connectivity index (χ4v) is 2.43. The van der Waals surface area contributed by atoms with E-state index in [0.29, 0.717) is 11.5 Å². The molecule has 0 spiro atoms. The van der Waals surface area contributed by atoms with E-state index in [1.165, 1.54) is 17.0 Å². The van der Waals surface area contributed by atoms with Crippen molar-refractivity contribution in [2.45, 2.75) is 37.6 Å². The van der Waals surface area contributed by atoms with Gasteiger partial charge in [0.05, 0.1) is 12.4 Å². The molecule has 1 saturated heterocycles. The van der Waals surface area contributed by atoms with Crippen molar-refractivity contribution in [3.8, 4) is 0 Å². The van der Waals surface area contributed by atoms with Crippen LogP contribution in [-0.4, -0.2) is 48.7 Å². The molecule has 0 aliphatic carbocycles. The number of nitrogens with two attached hydrogens (primary N) is 1. The lowest BCUT2D eigenvalue weighted by Gasteiger charge is -2.24. The van der Waals surface area contributed by atoms with Crippen LogP contribution in [0.2, 0.25) is 0 Å². The van der Waals surface area contributed by atoms with Gasteiger partial charge in [0.15, 0.2) is 12.0 Å². The molecule has 0 saturated carbocycles. The Kier molecular flexibility index (Phi) is 3.02. The molecule has 1 fully saturated rings. The Morgan fingerprint density at radius 3 is 2.79 bits per heavy atom. The highest BCUT2D eigenvalue weighted by molar-refractivity contribution is 7.78. The number of rotatable bonds is 1. The zero-order valence-corrected chi connectivity index (χ0v) is 11.1. The first-order chi connectivity index (χ1) is 9.00. The standard InChI is InChI=1S/C10H15N5O3S/c1-4-6(16)7(17)10(18-4)14-2-12-5-8(11)15(19)3-13-9(5)14/h2-4,6-8,10,16-17,19H,11H2,1H3/t4-,6?,7?,8?,10-/m1/s1. The summed E-state index contributed by atoms with van der Waals surface area (Å²) in [7, 11) is 0. The molecule has 0 amide bonds. The van der Waals surface area contributed by atoms with Crippen molar-refractivity contribution in [3.63, 3.8) is 0 Å². The van der Waals surface area contributed by atoms with Gasteiger partial charge < -0.3 is 20.7 Å². The lowest BCUT2D eigenvalue weighted by molar-refractivity contribution is -0.0311. The number of aliphatic hydroxyl groups is 2. The van der Waals surface area contributed by atoms with Crippen molar-refractivity contribution in [1.29, 1.82) is 0 Å². The first-order valence-electron chi connectivity index (χ1n) is 5.86. The molecule has 1 aromatic heterocycles. The Hall–Kier alpha value is -1.13. The van der Waals surface area contributed by atoms with E-state index in [9.17, 15) is 10.2 Å². The van der Waals surface area contributed by atoms with Crippen LogP contribution in [0, 0.1) is 0 Å². The van der Waals surface area contributed by atoms with Gasteiger partial charge in [0.1, 0.15) is 30.4 Å². The van der Waals surface area contributed by atoms with E-state index < -0.39 is 30.7 Å². The van der Waals surface area contributed by atoms with Crippen LogP contribution in [0.15, 0.2) is 11.3 Å². The highest BCUT2D eigenvalue weighted by atomic mass is 32.1. The van der Waals surface area contributed by atoms with E-state index in [1.807, 2.05) is 0 Å². The Morgan fingerprint density at radius 2 is 2.16 bits per heavy atom. The van der Waals surface area contributed by atoms with E-state index in [-0.39, 0.29) is 0 Å². The number of imidazole rings is 1. The lowest BCUT2D eigenvalue weighted by atomic mass is 10.1. The van der Waals surface area contributed by atoms with Crippen LogP contribution in [-0.2, 0) is 4.74 Å². The molecule has 9 heteroatoms. The maximum Gasteiger partial charge on any atom is 0.165 e. The fourth-order valence-electron chi connectivity index (χ4n) is 2.27. The number of aliphatic hydroxyl groups excluding tert-OH is 2. The molecular weight excluding hydrogens is 270 g/mol. The second-order valence-electron chi connectivity index (χ2n) is 4.64. The number of fused-ring (bicyclic) bond motifs is 1. The average molecular weight is 285 g/mol. The highest BCUT2D eigenvalue weighted by Gasteiger charge is 2.42. The predicted octanol–water partition coefficient (Wildman–Crippen LogP) is -0.700. The van der Waals surface area contributed by atoms with Gasteiger partial charge in [-0.25, -0.2) is 9.98 Å². The van der Waals surface area contributed by atoms with Gasteiger partial charge in [-0.2, -0.15) is 0 Å². The largest absolute Gasteiger partial charge is 0.388 e. The van der Waals surface area contributed by atoms with Crippen LogP contribution < -0.4 is 5.73 Å². The molecule has 0 bridgehead atoms. The van der Waals surface area contributed by atoms with E-state index in [1.54, 1.807) is 11.5 Å². The van der Waals surface area contributed by atoms with E-state index in [2.05, 4.69) is 22.8 Å². The summed E-state index contributed by atoms with van der Waals surface area (Å²) in [5.74, 6) is 0.503. The molecule has 1 aromatic rings. The van der Waals surface area contributed by atoms with E-state index in [0.717, 1.165) is 0 Å². The van der Waals surface area contributed by atoms with Crippen molar-refractivity contribution < 1.29 is 14.9 Å². The molecule has 3 heterocycles. The quantitative estimate of drug-likeness (QED) is 0.508. The van der Waals surface area contributed by atoms with Crippen molar-refractivity contribution in [1.82, 2.24) is 13.9 Å². The number of thiol groups is 1. The smallest absolute Gasteiger partial charge is 0.165 e. The van der Waals surface area contributed by atoms with Gasteiger partial charge >= 0.3 is 0 Å². The summed E-state index contributed by atoms with van der Waals surface area (Å²) in [5.41, 5.74) is 6.46. The third-order valence-electron chi connectivity index (χ3n) is 3.41. The maximum absolute atomic E-state index is 9.99. The second-order valence-corrected chi connectivity index (χ2v) is 5.10. The molecule has 2 aliphatic heterocycles. The van der Waals surface area contributed by atoms with Gasteiger partial charge in [0.25, 0.3) is 0 Å². The van der Waals surface area contributed by atoms with Crippen LogP contribution in [0.5, 0.6) is 0 Å². The average Bonchev–Trinajstić information content (AvgIpc) is 2.91. The second kappa shape index (κ2) is 4.46. The minimum atomic E-state index is -1.03. The first kappa shape index (κ1) is 12.9. The van der Waals surface area contributed by atoms with Gasteiger partial charge in [0, 0.05) is 0 Å². The van der Waals surface area contributed by atoms with Crippen LogP contribution in [0.25, 0.3) is 0 Å². The Balaban J connectivity index is 1.97. The van der Waals surface area contributed by atoms with Gasteiger partial charge in [0.2, 0.25) is 0 Å². The van der Waals surface area contributed by atoms with E-state index in [4.69, 9.17) is 10.5 Å². The van der Waals surface area contributed by atoms with Crippen LogP contribution >= 0.6 is 12.8 Å². The minimum absolute atomic E-state index is 0.458. The normalized spacial score (nSPS) is 37.7. The fraction of sp³-hybridized carbons (Fsp3) is 0.600. The monoisotopic (exact) mass is 285 g/mol. The number of ether oxygens (including phenoxy) is 1. The topological polar surface area (TPSA) is 109 Å². The number of aliphatic imine (C=N–C) groups is 1. The summed E-state index contributed by atoms with van der Waals surface area (Å²) in [5, 5.41) is 19.7. The SMILES string of the molecule is C[C@H]1O[C@@H](n2cnc3c2N=CN(S)C3N)C(O)C1O. The number of hydrogen-bond donors (Lipinski definition) is 4. The summed E-state index contributed by atoms with van der Waals surface area (Å²) in [6.07, 6.45) is -0.710. The number of nitrogens with zero attached hydrogens (tertiary/aromatic N) is 4. The molecule has 3 unspecified atom stereocenters. The van der Waals surface area contributed by atoms with Crippen LogP contribution in [0.4, 0.5) is 5.82 Å². The lowest BCUT2D eigenvalue weighted by Crippen LogP contribution is -2.31. The molecule has 0 aromatic carbocycles. The van der Waals surface area contributed by atoms with Crippen molar-refractivity contribution in [2.24, 2.45) is 10.7 Å². The van der Waals surface area contributed by atoms with Crippen LogP contribution in [0.1, 0.15) is 25.0 Å². The summed E-state index contributed by atoms with van der Waals surface area (Å²) >= 11 is 4.14. The third-order valence-corrected chi connectivity index (χ3v) is 3.76. The van der Waals surface area contributed by atoms with Crippen molar-refractivity contribution in [2.75, 3.05) is 0 Å². The van der Waals surface area contributed by atoms with Gasteiger partial charge in [-0.15, -0.1) is 0 Å². The molecule has 104 valence electrons. The third kappa shape index (κ3) is 1.85. The molecule has 19 heavy (non-hydrogen) atoms. The Morgan fingerprint density at radius 1 is 1.42 bits per heavy atom. The van der Waals surface area contributed by atoms with Crippen LogP contribution in [0.3, 0.4) is 0 Å². The predicted molar refractivity (Wildman–Crippen MR) is 69.7 cm³/mol. The zero-order valence-electron chi connectivity index (χ0n) is 10.2. The highest BCUT2D eigenvalue weighted by Crippen LogP contribution is 2.36. The molecular formula is C10H15N5O3S. The molecule has 2 aliphatic rings. The maximum atomic E-state index is 9.99.